The lowest BCUT2D eigenvalue weighted by Crippen LogP contribution is -2.35. The second-order valence-electron chi connectivity index (χ2n) is 5.38. The number of esters is 1. The van der Waals surface area contributed by atoms with Crippen molar-refractivity contribution < 1.29 is 14.3 Å². The predicted molar refractivity (Wildman–Crippen MR) is 94.4 cm³/mol. The maximum atomic E-state index is 12.3. The maximum absolute atomic E-state index is 12.3. The average Bonchev–Trinajstić information content (AvgIpc) is 3.25. The van der Waals surface area contributed by atoms with Crippen molar-refractivity contribution in [1.29, 1.82) is 0 Å². The molecule has 0 bridgehead atoms. The molecule has 0 fully saturated rings. The van der Waals surface area contributed by atoms with Crippen molar-refractivity contribution in [2.24, 2.45) is 7.05 Å². The highest BCUT2D eigenvalue weighted by Gasteiger charge is 2.21. The summed E-state index contributed by atoms with van der Waals surface area (Å²) in [5, 5.41) is 9.95. The highest BCUT2D eigenvalue weighted by atomic mass is 32.1. The molecule has 0 aliphatic carbocycles. The van der Waals surface area contributed by atoms with Gasteiger partial charge in [0.25, 0.3) is 5.91 Å². The summed E-state index contributed by atoms with van der Waals surface area (Å²) >= 11 is 2.88. The van der Waals surface area contributed by atoms with Crippen LogP contribution in [0.1, 0.15) is 27.2 Å². The molecule has 0 aliphatic rings. The van der Waals surface area contributed by atoms with Crippen LogP contribution in [0.3, 0.4) is 0 Å². The van der Waals surface area contributed by atoms with Crippen LogP contribution in [0.4, 0.5) is 0 Å². The molecule has 1 unspecified atom stereocenters. The molecule has 3 aromatic heterocycles. The topological polar surface area (TPSA) is 73.2 Å². The molecule has 0 spiro atoms. The van der Waals surface area contributed by atoms with Crippen LogP contribution in [0.5, 0.6) is 0 Å². The first-order valence-corrected chi connectivity index (χ1v) is 9.09. The molecule has 6 nitrogen and oxygen atoms in total. The third-order valence-electron chi connectivity index (χ3n) is 3.57. The molecule has 3 heterocycles. The van der Waals surface area contributed by atoms with Crippen LogP contribution in [0.25, 0.3) is 10.2 Å². The fourth-order valence-corrected chi connectivity index (χ4v) is 3.96. The average molecular weight is 363 g/mol. The quantitative estimate of drug-likeness (QED) is 0.708. The van der Waals surface area contributed by atoms with E-state index in [2.05, 4.69) is 10.4 Å². The summed E-state index contributed by atoms with van der Waals surface area (Å²) in [4.78, 5) is 26.7. The van der Waals surface area contributed by atoms with E-state index in [1.807, 2.05) is 31.5 Å². The molecule has 1 atom stereocenters. The summed E-state index contributed by atoms with van der Waals surface area (Å²) in [6.07, 6.45) is -0.845. The number of thiophene rings is 2. The van der Waals surface area contributed by atoms with Gasteiger partial charge in [0, 0.05) is 17.3 Å². The molecule has 126 valence electrons. The molecule has 0 saturated heterocycles. The molecular weight excluding hydrogens is 346 g/mol. The number of amides is 1. The zero-order valence-corrected chi connectivity index (χ0v) is 15.2. The van der Waals surface area contributed by atoms with Gasteiger partial charge in [-0.3, -0.25) is 9.48 Å². The van der Waals surface area contributed by atoms with Crippen molar-refractivity contribution in [3.05, 3.63) is 39.0 Å². The van der Waals surface area contributed by atoms with E-state index in [1.165, 1.54) is 11.3 Å². The molecule has 3 aromatic rings. The number of hydrogen-bond acceptors (Lipinski definition) is 6. The van der Waals surface area contributed by atoms with Gasteiger partial charge in [-0.25, -0.2) is 4.79 Å². The first-order chi connectivity index (χ1) is 11.5. The minimum absolute atomic E-state index is 0.310. The largest absolute Gasteiger partial charge is 0.448 e. The van der Waals surface area contributed by atoms with Gasteiger partial charge in [-0.1, -0.05) is 6.07 Å². The molecular formula is C16H17N3O3S2. The van der Waals surface area contributed by atoms with Crippen LogP contribution in [0.2, 0.25) is 0 Å². The molecule has 0 radical (unpaired) electrons. The fraction of sp³-hybridized carbons (Fsp3) is 0.312. The molecule has 1 N–H and O–H groups in total. The Hall–Kier alpha value is -2.19. The van der Waals surface area contributed by atoms with Crippen molar-refractivity contribution in [1.82, 2.24) is 15.1 Å². The third kappa shape index (κ3) is 3.34. The summed E-state index contributed by atoms with van der Waals surface area (Å²) in [5.74, 6) is -0.801. The molecule has 0 saturated carbocycles. The minimum atomic E-state index is -0.845. The van der Waals surface area contributed by atoms with Gasteiger partial charge >= 0.3 is 5.97 Å². The van der Waals surface area contributed by atoms with E-state index in [1.54, 1.807) is 29.0 Å². The van der Waals surface area contributed by atoms with Gasteiger partial charge in [-0.2, -0.15) is 5.10 Å². The molecule has 1 amide bonds. The summed E-state index contributed by atoms with van der Waals surface area (Å²) in [7, 11) is 1.83. The van der Waals surface area contributed by atoms with Crippen LogP contribution >= 0.6 is 22.7 Å². The van der Waals surface area contributed by atoms with Crippen LogP contribution in [0.15, 0.2) is 23.6 Å². The van der Waals surface area contributed by atoms with E-state index in [-0.39, 0.29) is 5.91 Å². The van der Waals surface area contributed by atoms with Crippen LogP contribution in [-0.2, 0) is 23.1 Å². The van der Waals surface area contributed by atoms with E-state index in [9.17, 15) is 9.59 Å². The number of aromatic nitrogens is 2. The fourth-order valence-electron chi connectivity index (χ4n) is 2.31. The highest BCUT2D eigenvalue weighted by Crippen LogP contribution is 2.28. The summed E-state index contributed by atoms with van der Waals surface area (Å²) in [6, 6.07) is 5.63. The Morgan fingerprint density at radius 1 is 1.46 bits per heavy atom. The van der Waals surface area contributed by atoms with Crippen LogP contribution in [0, 0.1) is 6.92 Å². The lowest BCUT2D eigenvalue weighted by Gasteiger charge is -2.12. The number of nitrogens with one attached hydrogen (secondary N) is 1. The number of carbonyl (C=O) groups excluding carboxylic acids is 2. The van der Waals surface area contributed by atoms with Gasteiger partial charge in [0.2, 0.25) is 0 Å². The zero-order chi connectivity index (χ0) is 17.3. The lowest BCUT2D eigenvalue weighted by atomic mass is 10.3. The summed E-state index contributed by atoms with van der Waals surface area (Å²) in [5.41, 5.74) is 0.865. The van der Waals surface area contributed by atoms with Gasteiger partial charge in [-0.05, 0) is 31.4 Å². The van der Waals surface area contributed by atoms with Gasteiger partial charge in [0.05, 0.1) is 12.2 Å². The zero-order valence-electron chi connectivity index (χ0n) is 13.5. The minimum Gasteiger partial charge on any atom is -0.448 e. The van der Waals surface area contributed by atoms with Gasteiger partial charge in [-0.15, -0.1) is 22.7 Å². The van der Waals surface area contributed by atoms with Crippen molar-refractivity contribution in [2.45, 2.75) is 26.5 Å². The Labute approximate surface area is 147 Å². The summed E-state index contributed by atoms with van der Waals surface area (Å²) < 4.78 is 7.02. The monoisotopic (exact) mass is 363 g/mol. The lowest BCUT2D eigenvalue weighted by molar-refractivity contribution is -0.129. The number of nitrogens with zero attached hydrogens (tertiary/aromatic N) is 2. The van der Waals surface area contributed by atoms with Gasteiger partial charge in [0.1, 0.15) is 9.71 Å². The number of rotatable bonds is 5. The highest BCUT2D eigenvalue weighted by molar-refractivity contribution is 7.20. The van der Waals surface area contributed by atoms with Crippen molar-refractivity contribution in [3.8, 4) is 0 Å². The second-order valence-corrected chi connectivity index (χ2v) is 7.45. The maximum Gasteiger partial charge on any atom is 0.349 e. The second kappa shape index (κ2) is 6.74. The number of aryl methyl sites for hydroxylation is 2. The molecule has 3 rings (SSSR count). The predicted octanol–water partition coefficient (Wildman–Crippen LogP) is 2.87. The Morgan fingerprint density at radius 3 is 2.92 bits per heavy atom. The molecule has 24 heavy (non-hydrogen) atoms. The SMILES string of the molecule is Cc1nn(C)c2sc(C(=O)OC(C)C(=O)NCc3cccs3)cc12. The third-order valence-corrected chi connectivity index (χ3v) is 5.63. The van der Waals surface area contributed by atoms with E-state index in [4.69, 9.17) is 4.74 Å². The number of fused-ring (bicyclic) bond motifs is 1. The van der Waals surface area contributed by atoms with Crippen molar-refractivity contribution in [2.75, 3.05) is 0 Å². The standard InChI is InChI=1S/C16H17N3O3S2/c1-9-12-7-13(24-15(12)19(3)18-9)16(21)22-10(2)14(20)17-8-11-5-4-6-23-11/h4-7,10H,8H2,1-3H3,(H,17,20). The van der Waals surface area contributed by atoms with Crippen molar-refractivity contribution in [3.63, 3.8) is 0 Å². The van der Waals surface area contributed by atoms with E-state index >= 15 is 0 Å². The smallest absolute Gasteiger partial charge is 0.349 e. The molecule has 8 heteroatoms. The Bertz CT molecular complexity index is 846. The summed E-state index contributed by atoms with van der Waals surface area (Å²) in [6.45, 7) is 3.90. The Kier molecular flexibility index (Phi) is 4.68. The van der Waals surface area contributed by atoms with Crippen LogP contribution < -0.4 is 5.32 Å². The Morgan fingerprint density at radius 2 is 2.25 bits per heavy atom. The number of carbonyl (C=O) groups is 2. The van der Waals surface area contributed by atoms with E-state index < -0.39 is 12.1 Å². The van der Waals surface area contributed by atoms with Crippen molar-refractivity contribution >= 4 is 44.8 Å². The first kappa shape index (κ1) is 16.7. The van der Waals surface area contributed by atoms with Gasteiger partial charge in [0.15, 0.2) is 6.10 Å². The van der Waals surface area contributed by atoms with E-state index in [0.717, 1.165) is 20.8 Å². The normalized spacial score (nSPS) is 12.3. The van der Waals surface area contributed by atoms with Gasteiger partial charge < -0.3 is 10.1 Å². The number of hydrogen-bond donors (Lipinski definition) is 1. The molecule has 0 aromatic carbocycles. The van der Waals surface area contributed by atoms with Crippen LogP contribution in [-0.4, -0.2) is 27.8 Å². The molecule has 0 aliphatic heterocycles. The van der Waals surface area contributed by atoms with E-state index in [0.29, 0.717) is 11.4 Å². The number of ether oxygens (including phenoxy) is 1. The Balaban J connectivity index is 1.62. The first-order valence-electron chi connectivity index (χ1n) is 7.40.